The van der Waals surface area contributed by atoms with E-state index in [-0.39, 0.29) is 17.0 Å². The molecule has 8 nitrogen and oxygen atoms in total. The number of hydrazine groups is 1. The van der Waals surface area contributed by atoms with Gasteiger partial charge in [-0.2, -0.15) is 0 Å². The van der Waals surface area contributed by atoms with Crippen LogP contribution in [-0.2, 0) is 4.79 Å². The highest BCUT2D eigenvalue weighted by Crippen LogP contribution is 2.28. The Labute approximate surface area is 170 Å². The number of hydrogen-bond acceptors (Lipinski definition) is 6. The van der Waals surface area contributed by atoms with Crippen molar-refractivity contribution in [3.05, 3.63) is 64.0 Å². The number of carbonyl (C=O) groups excluding carboxylic acids is 2. The third-order valence-electron chi connectivity index (χ3n) is 4.39. The fraction of sp³-hybridized carbons (Fsp3) is 0.263. The fourth-order valence-corrected chi connectivity index (χ4v) is 3.73. The molecule has 29 heavy (non-hydrogen) atoms. The van der Waals surface area contributed by atoms with Crippen molar-refractivity contribution >= 4 is 35.0 Å². The van der Waals surface area contributed by atoms with E-state index in [1.165, 1.54) is 18.2 Å². The first kappa shape index (κ1) is 20.6. The van der Waals surface area contributed by atoms with Crippen molar-refractivity contribution < 1.29 is 18.9 Å². The monoisotopic (exact) mass is 418 g/mol. The number of nitro benzene ring substituents is 1. The summed E-state index contributed by atoms with van der Waals surface area (Å²) in [7, 11) is 0. The largest absolute Gasteiger partial charge is 0.371 e. The molecule has 2 N–H and O–H groups in total. The van der Waals surface area contributed by atoms with E-state index < -0.39 is 22.6 Å². The van der Waals surface area contributed by atoms with Gasteiger partial charge in [-0.1, -0.05) is 12.1 Å². The van der Waals surface area contributed by atoms with Gasteiger partial charge in [-0.3, -0.25) is 30.6 Å². The first-order chi connectivity index (χ1) is 14.0. The SMILES string of the molecule is O=C(CSc1ccccc1F)NNC(=O)c1cc([N+](=O)[O-])ccc1N1CCCC1. The molecule has 0 aliphatic carbocycles. The smallest absolute Gasteiger partial charge is 0.272 e. The number of hydrogen-bond donors (Lipinski definition) is 2. The zero-order valence-electron chi connectivity index (χ0n) is 15.4. The van der Waals surface area contributed by atoms with Crippen molar-refractivity contribution in [3.63, 3.8) is 0 Å². The predicted molar refractivity (Wildman–Crippen MR) is 107 cm³/mol. The number of rotatable bonds is 6. The Kier molecular flexibility index (Phi) is 6.65. The standard InChI is InChI=1S/C19H19FN4O4S/c20-15-5-1-2-6-17(15)29-12-18(25)21-22-19(26)14-11-13(24(27)28)7-8-16(14)23-9-3-4-10-23/h1-2,5-8,11H,3-4,9-10,12H2,(H,21,25)(H,22,26). The third kappa shape index (κ3) is 5.23. The van der Waals surface area contributed by atoms with Gasteiger partial charge in [0.1, 0.15) is 5.82 Å². The van der Waals surface area contributed by atoms with Gasteiger partial charge >= 0.3 is 0 Å². The molecule has 0 saturated carbocycles. The molecule has 0 spiro atoms. The predicted octanol–water partition coefficient (Wildman–Crippen LogP) is 2.89. The molecule has 2 aromatic rings. The second kappa shape index (κ2) is 9.37. The molecule has 2 aromatic carbocycles. The molecule has 1 aliphatic rings. The highest BCUT2D eigenvalue weighted by Gasteiger charge is 2.22. The summed E-state index contributed by atoms with van der Waals surface area (Å²) in [6.07, 6.45) is 1.95. The van der Waals surface area contributed by atoms with Gasteiger partial charge in [0.05, 0.1) is 21.9 Å². The molecule has 1 aliphatic heterocycles. The van der Waals surface area contributed by atoms with E-state index in [2.05, 4.69) is 10.9 Å². The minimum atomic E-state index is -0.653. The summed E-state index contributed by atoms with van der Waals surface area (Å²) in [4.78, 5) is 37.4. The van der Waals surface area contributed by atoms with Crippen molar-refractivity contribution in [2.75, 3.05) is 23.7 Å². The maximum Gasteiger partial charge on any atom is 0.272 e. The van der Waals surface area contributed by atoms with Gasteiger partial charge in [0.25, 0.3) is 11.6 Å². The summed E-state index contributed by atoms with van der Waals surface area (Å²) in [6.45, 7) is 1.51. The van der Waals surface area contributed by atoms with Gasteiger partial charge < -0.3 is 4.90 Å². The first-order valence-electron chi connectivity index (χ1n) is 8.95. The Hall–Kier alpha value is -3.14. The molecule has 0 aromatic heterocycles. The number of amides is 2. The van der Waals surface area contributed by atoms with Crippen LogP contribution in [-0.4, -0.2) is 35.6 Å². The molecule has 1 saturated heterocycles. The van der Waals surface area contributed by atoms with Crippen LogP contribution in [0, 0.1) is 15.9 Å². The number of anilines is 1. The number of nitro groups is 1. The van der Waals surface area contributed by atoms with Crippen LogP contribution in [0.15, 0.2) is 47.4 Å². The van der Waals surface area contributed by atoms with Crippen LogP contribution < -0.4 is 15.8 Å². The van der Waals surface area contributed by atoms with Gasteiger partial charge in [0.2, 0.25) is 5.91 Å². The summed E-state index contributed by atoms with van der Waals surface area (Å²) < 4.78 is 13.6. The molecule has 0 bridgehead atoms. The van der Waals surface area contributed by atoms with Gasteiger partial charge in [0.15, 0.2) is 0 Å². The molecule has 1 fully saturated rings. The first-order valence-corrected chi connectivity index (χ1v) is 9.94. The van der Waals surface area contributed by atoms with Crippen molar-refractivity contribution in [2.45, 2.75) is 17.7 Å². The Bertz CT molecular complexity index is 934. The Morgan fingerprint density at radius 1 is 1.14 bits per heavy atom. The maximum atomic E-state index is 13.6. The number of nitrogens with one attached hydrogen (secondary N) is 2. The summed E-state index contributed by atoms with van der Waals surface area (Å²) in [5.74, 6) is -1.71. The van der Waals surface area contributed by atoms with Crippen molar-refractivity contribution in [1.82, 2.24) is 10.9 Å². The van der Waals surface area contributed by atoms with Crippen LogP contribution in [0.2, 0.25) is 0 Å². The fourth-order valence-electron chi connectivity index (χ4n) is 2.99. The van der Waals surface area contributed by atoms with E-state index in [4.69, 9.17) is 0 Å². The topological polar surface area (TPSA) is 105 Å². The second-order valence-corrected chi connectivity index (χ2v) is 7.39. The van der Waals surface area contributed by atoms with Gasteiger partial charge in [-0.15, -0.1) is 11.8 Å². The molecule has 1 heterocycles. The molecular weight excluding hydrogens is 399 g/mol. The van der Waals surface area contributed by atoms with E-state index in [9.17, 15) is 24.1 Å². The highest BCUT2D eigenvalue weighted by atomic mass is 32.2. The minimum absolute atomic E-state index is 0.102. The molecule has 0 radical (unpaired) electrons. The van der Waals surface area contributed by atoms with E-state index in [1.54, 1.807) is 24.3 Å². The molecular formula is C19H19FN4O4S. The van der Waals surface area contributed by atoms with Gasteiger partial charge in [-0.05, 0) is 31.0 Å². The van der Waals surface area contributed by atoms with Crippen molar-refractivity contribution in [3.8, 4) is 0 Å². The zero-order chi connectivity index (χ0) is 20.8. The maximum absolute atomic E-state index is 13.6. The molecule has 10 heteroatoms. The second-order valence-electron chi connectivity index (χ2n) is 6.37. The zero-order valence-corrected chi connectivity index (χ0v) is 16.2. The van der Waals surface area contributed by atoms with Gasteiger partial charge in [0, 0.05) is 30.1 Å². The Morgan fingerprint density at radius 3 is 2.55 bits per heavy atom. The normalized spacial score (nSPS) is 13.2. The Morgan fingerprint density at radius 2 is 1.86 bits per heavy atom. The van der Waals surface area contributed by atoms with Crippen molar-refractivity contribution in [1.29, 1.82) is 0 Å². The number of nitrogens with zero attached hydrogens (tertiary/aromatic N) is 2. The molecule has 2 amide bonds. The number of thioether (sulfide) groups is 1. The summed E-state index contributed by atoms with van der Waals surface area (Å²) >= 11 is 0.997. The Balaban J connectivity index is 1.64. The average molecular weight is 418 g/mol. The summed E-state index contributed by atoms with van der Waals surface area (Å²) in [6, 6.07) is 10.2. The van der Waals surface area contributed by atoms with Crippen LogP contribution in [0.4, 0.5) is 15.8 Å². The molecule has 152 valence electrons. The van der Waals surface area contributed by atoms with Crippen LogP contribution in [0.25, 0.3) is 0 Å². The number of non-ortho nitro benzene ring substituents is 1. The lowest BCUT2D eigenvalue weighted by Gasteiger charge is -2.21. The van der Waals surface area contributed by atoms with Crippen LogP contribution in [0.5, 0.6) is 0 Å². The van der Waals surface area contributed by atoms with E-state index in [0.29, 0.717) is 10.6 Å². The van der Waals surface area contributed by atoms with E-state index in [0.717, 1.165) is 37.7 Å². The van der Waals surface area contributed by atoms with E-state index in [1.807, 2.05) is 4.90 Å². The lowest BCUT2D eigenvalue weighted by Crippen LogP contribution is -2.43. The number of halogens is 1. The number of carbonyl (C=O) groups is 2. The lowest BCUT2D eigenvalue weighted by molar-refractivity contribution is -0.384. The third-order valence-corrected chi connectivity index (χ3v) is 5.44. The van der Waals surface area contributed by atoms with Crippen LogP contribution in [0.3, 0.4) is 0 Å². The average Bonchev–Trinajstić information content (AvgIpc) is 3.25. The molecule has 0 unspecified atom stereocenters. The molecule has 0 atom stereocenters. The van der Waals surface area contributed by atoms with Crippen LogP contribution >= 0.6 is 11.8 Å². The van der Waals surface area contributed by atoms with Gasteiger partial charge in [-0.25, -0.2) is 4.39 Å². The summed E-state index contributed by atoms with van der Waals surface area (Å²) in [5, 5.41) is 11.1. The van der Waals surface area contributed by atoms with Crippen molar-refractivity contribution in [2.24, 2.45) is 0 Å². The number of benzene rings is 2. The molecule has 3 rings (SSSR count). The van der Waals surface area contributed by atoms with E-state index >= 15 is 0 Å². The lowest BCUT2D eigenvalue weighted by atomic mass is 10.1. The minimum Gasteiger partial charge on any atom is -0.371 e. The summed E-state index contributed by atoms with van der Waals surface area (Å²) in [5.41, 5.74) is 5.04. The van der Waals surface area contributed by atoms with Crippen LogP contribution in [0.1, 0.15) is 23.2 Å². The quantitative estimate of drug-likeness (QED) is 0.425. The highest BCUT2D eigenvalue weighted by molar-refractivity contribution is 8.00.